The molecular formula is H5CeLaSbSiZr. The maximum atomic E-state index is 1.49. The molecule has 0 aromatic rings. The third-order valence-electron chi connectivity index (χ3n) is 0. The summed E-state index contributed by atoms with van der Waals surface area (Å²) in [6.45, 7) is 0. The predicted octanol–water partition coefficient (Wildman–Crippen LogP) is -2.10. The van der Waals surface area contributed by atoms with Crippen LogP contribution in [0.4, 0.5) is 0 Å². The van der Waals surface area contributed by atoms with E-state index in [0.29, 0.717) is 0 Å². The van der Waals surface area contributed by atoms with Crippen LogP contribution < -0.4 is 0 Å². The van der Waals surface area contributed by atoms with E-state index in [1.54, 1.807) is 0 Å². The van der Waals surface area contributed by atoms with Crippen LogP contribution in [0.3, 0.4) is 0 Å². The summed E-state index contributed by atoms with van der Waals surface area (Å²) < 4.78 is 0. The van der Waals surface area contributed by atoms with Gasteiger partial charge in [0.2, 0.25) is 0 Å². The van der Waals surface area contributed by atoms with Crippen molar-refractivity contribution >= 4 is 29.9 Å². The molecule has 0 atom stereocenters. The topological polar surface area (TPSA) is 0 Å². The first-order valence-corrected chi connectivity index (χ1v) is 11.6. The van der Waals surface area contributed by atoms with Gasteiger partial charge < -0.3 is 0 Å². The quantitative estimate of drug-likeness (QED) is 0.319. The van der Waals surface area contributed by atoms with Crippen LogP contribution >= 0.6 is 0 Å². The van der Waals surface area contributed by atoms with Crippen molar-refractivity contribution in [3.05, 3.63) is 0 Å². The van der Waals surface area contributed by atoms with Crippen molar-refractivity contribution in [3.8, 4) is 0 Å². The Morgan fingerprint density at radius 3 is 1.20 bits per heavy atom. The second-order valence-corrected chi connectivity index (χ2v) is 0. The van der Waals surface area contributed by atoms with Crippen LogP contribution in [0.15, 0.2) is 0 Å². The van der Waals surface area contributed by atoms with Crippen molar-refractivity contribution in [3.63, 3.8) is 0 Å². The zero-order chi connectivity index (χ0) is 2.00. The van der Waals surface area contributed by atoms with E-state index in [0.717, 1.165) is 0 Å². The van der Waals surface area contributed by atoms with E-state index in [4.69, 9.17) is 0 Å². The van der Waals surface area contributed by atoms with Crippen molar-refractivity contribution in [2.24, 2.45) is 0 Å². The molecule has 0 amide bonds. The van der Waals surface area contributed by atoms with Crippen LogP contribution in [-0.4, -0.2) is 29.9 Å². The molecule has 0 aliphatic heterocycles. The van der Waals surface area contributed by atoms with Crippen molar-refractivity contribution in [1.82, 2.24) is 0 Å². The molecule has 5 heteroatoms. The largest absolute Gasteiger partial charge is 0 e. The molecule has 0 aliphatic rings. The standard InChI is InChI=1S/Ce.La.Sb.H3Si.Zr.2H/h;;;1H3;;;. The molecule has 0 spiro atoms. The molecular weight excluding hydrogens is 520 g/mol. The smallest absolute Gasteiger partial charge is 0 e. The summed E-state index contributed by atoms with van der Waals surface area (Å²) in [5.41, 5.74) is 0. The molecule has 0 unspecified atom stereocenters. The molecule has 5 heavy (non-hydrogen) atoms. The maximum Gasteiger partial charge on any atom is 0 e. The average molecular weight is 525 g/mol. The Balaban J connectivity index is -0.00000000167. The Morgan fingerprint density at radius 2 is 1.20 bits per heavy atom. The normalized spacial score (nSPS) is 1.80. The van der Waals surface area contributed by atoms with E-state index < -0.39 is 0 Å². The van der Waals surface area contributed by atoms with Crippen molar-refractivity contribution in [1.29, 1.82) is 0 Å². The zero-order valence-electron chi connectivity index (χ0n) is 3.15. The predicted molar refractivity (Wildman–Crippen MR) is 18.5 cm³/mol. The monoisotopic (exact) mass is 523 g/mol. The van der Waals surface area contributed by atoms with Crippen molar-refractivity contribution in [2.45, 2.75) is 0 Å². The van der Waals surface area contributed by atoms with Gasteiger partial charge in [-0.15, -0.1) is 0 Å². The van der Waals surface area contributed by atoms with Gasteiger partial charge in [0.15, 0.2) is 0 Å². The van der Waals surface area contributed by atoms with Gasteiger partial charge in [-0.05, 0) is 0 Å². The number of hydrogen-bond donors (Lipinski definition) is 0. The molecule has 0 nitrogen and oxygen atoms in total. The molecule has 0 bridgehead atoms. The van der Waals surface area contributed by atoms with Gasteiger partial charge in [0.25, 0.3) is 0 Å². The molecule has 0 aliphatic carbocycles. The first-order valence-electron chi connectivity index (χ1n) is 0.577. The fourth-order valence-electron chi connectivity index (χ4n) is 0. The van der Waals surface area contributed by atoms with Crippen LogP contribution in [0, 0.1) is 77.3 Å². The third-order valence-corrected chi connectivity index (χ3v) is 0. The molecule has 1 radical (unpaired) electrons. The van der Waals surface area contributed by atoms with Gasteiger partial charge in [0.05, 0.1) is 0 Å². The minimum Gasteiger partial charge on any atom is 0 e. The van der Waals surface area contributed by atoms with E-state index in [2.05, 4.69) is 0 Å². The van der Waals surface area contributed by atoms with Gasteiger partial charge in [-0.25, -0.2) is 0 Å². The van der Waals surface area contributed by atoms with Gasteiger partial charge in [-0.1, -0.05) is 0 Å². The van der Waals surface area contributed by atoms with Crippen LogP contribution in [0.25, 0.3) is 0 Å². The first-order chi connectivity index (χ1) is 1.00. The minimum absolute atomic E-state index is 0. The van der Waals surface area contributed by atoms with Crippen molar-refractivity contribution in [2.75, 3.05) is 0 Å². The maximum absolute atomic E-state index is 1.49. The minimum atomic E-state index is 0. The molecule has 0 fully saturated rings. The van der Waals surface area contributed by atoms with E-state index in [1.807, 2.05) is 0 Å². The van der Waals surface area contributed by atoms with Crippen LogP contribution in [0.1, 0.15) is 0 Å². The Labute approximate surface area is 129 Å². The first kappa shape index (κ1) is 22.7. The molecule has 0 aromatic heterocycles. The second kappa shape index (κ2) is 23.6. The third kappa shape index (κ3) is 17.7. The van der Waals surface area contributed by atoms with Gasteiger partial charge in [-0.3, -0.25) is 0 Å². The Hall–Kier alpha value is 4.49. The number of hydrogen-bond acceptors (Lipinski definition) is 0. The Morgan fingerprint density at radius 1 is 1.20 bits per heavy atom. The summed E-state index contributed by atoms with van der Waals surface area (Å²) >= 11 is 1.49. The van der Waals surface area contributed by atoms with E-state index in [1.165, 1.54) is 29.9 Å². The summed E-state index contributed by atoms with van der Waals surface area (Å²) in [6, 6.07) is 0. The van der Waals surface area contributed by atoms with Crippen LogP contribution in [-0.2, 0) is 26.2 Å². The molecule has 0 N–H and O–H groups in total. The fourth-order valence-corrected chi connectivity index (χ4v) is 0. The fraction of sp³-hybridized carbons (Fsp3) is 0. The van der Waals surface area contributed by atoms with Gasteiger partial charge in [-0.2, -0.15) is 0 Å². The zero-order valence-corrected chi connectivity index (χ0v) is 17.7. The Kier molecular flexibility index (Phi) is 107. The summed E-state index contributed by atoms with van der Waals surface area (Å²) in [7, 11) is 1.44. The summed E-state index contributed by atoms with van der Waals surface area (Å²) in [5, 5.41) is 0. The van der Waals surface area contributed by atoms with Gasteiger partial charge >= 0.3 is 29.9 Å². The molecule has 25 valence electrons. The molecule has 0 aromatic carbocycles. The van der Waals surface area contributed by atoms with E-state index >= 15 is 0 Å². The van der Waals surface area contributed by atoms with E-state index in [-0.39, 0.29) is 104 Å². The van der Waals surface area contributed by atoms with Gasteiger partial charge in [0.1, 0.15) is 0 Å². The van der Waals surface area contributed by atoms with Crippen molar-refractivity contribution < 1.29 is 104 Å². The Bertz CT molecular complexity index is 11.6. The van der Waals surface area contributed by atoms with E-state index in [9.17, 15) is 0 Å². The summed E-state index contributed by atoms with van der Waals surface area (Å²) in [4.78, 5) is 0. The van der Waals surface area contributed by atoms with Crippen LogP contribution in [0.2, 0.25) is 0 Å². The molecule has 0 rings (SSSR count). The summed E-state index contributed by atoms with van der Waals surface area (Å²) in [6.07, 6.45) is 0. The SMILES string of the molecule is [Ce].[La].[SiH3][SbH2].[Zr]. The second-order valence-electron chi connectivity index (χ2n) is 0. The van der Waals surface area contributed by atoms with Crippen LogP contribution in [0.5, 0.6) is 0 Å². The molecule has 0 saturated carbocycles. The molecule has 0 heterocycles. The average Bonchev–Trinajstić information content (AvgIpc) is 1.00. The molecule has 0 saturated heterocycles. The number of rotatable bonds is 0. The summed E-state index contributed by atoms with van der Waals surface area (Å²) in [5.74, 6) is 0. The van der Waals surface area contributed by atoms with Gasteiger partial charge in [0, 0.05) is 104 Å².